The van der Waals surface area contributed by atoms with Gasteiger partial charge in [-0.25, -0.2) is 0 Å². The molecule has 120 valence electrons. The van der Waals surface area contributed by atoms with E-state index in [1.54, 1.807) is 41.5 Å². The van der Waals surface area contributed by atoms with E-state index in [4.69, 9.17) is 15.3 Å². The van der Waals surface area contributed by atoms with Gasteiger partial charge in [0.15, 0.2) is 11.6 Å². The summed E-state index contributed by atoms with van der Waals surface area (Å²) in [5.74, 6) is -0.316. The van der Waals surface area contributed by atoms with Crippen molar-refractivity contribution in [3.8, 4) is 0 Å². The summed E-state index contributed by atoms with van der Waals surface area (Å²) in [6, 6.07) is 0. The maximum Gasteiger partial charge on any atom is 0.166 e. The van der Waals surface area contributed by atoms with Crippen molar-refractivity contribution >= 4 is 11.6 Å². The van der Waals surface area contributed by atoms with Crippen molar-refractivity contribution in [1.29, 1.82) is 0 Å². The smallest absolute Gasteiger partial charge is 0.166 e. The van der Waals surface area contributed by atoms with E-state index in [1.807, 2.05) is 0 Å². The van der Waals surface area contributed by atoms with Crippen LogP contribution >= 0.6 is 0 Å². The van der Waals surface area contributed by atoms with Crippen LogP contribution in [0.25, 0.3) is 0 Å². The molecule has 0 aliphatic carbocycles. The molecule has 5 nitrogen and oxygen atoms in total. The first kappa shape index (κ1) is 21.5. The third kappa shape index (κ3) is 9.18. The lowest BCUT2D eigenvalue weighted by atomic mass is 9.87. The summed E-state index contributed by atoms with van der Waals surface area (Å²) in [4.78, 5) is 22.0. The van der Waals surface area contributed by atoms with Gasteiger partial charge in [0.25, 0.3) is 0 Å². The van der Waals surface area contributed by atoms with Gasteiger partial charge in [-0.05, 0) is 6.42 Å². The highest BCUT2D eigenvalue weighted by atomic mass is 16.3. The van der Waals surface area contributed by atoms with E-state index in [2.05, 4.69) is 0 Å². The number of hydrogen-bond acceptors (Lipinski definition) is 5. The van der Waals surface area contributed by atoms with Crippen molar-refractivity contribution < 1.29 is 24.9 Å². The number of hydrogen-bond donors (Lipinski definition) is 3. The maximum atomic E-state index is 11.2. The predicted octanol–water partition coefficient (Wildman–Crippen LogP) is 1.33. The van der Waals surface area contributed by atoms with Crippen LogP contribution < -0.4 is 0 Å². The van der Waals surface area contributed by atoms with Crippen LogP contribution in [0, 0.1) is 11.3 Å². The number of carbonyl (C=O) groups excluding carboxylic acids is 2. The van der Waals surface area contributed by atoms with Gasteiger partial charge in [0.1, 0.15) is 12.2 Å². The van der Waals surface area contributed by atoms with E-state index >= 15 is 0 Å². The lowest BCUT2D eigenvalue weighted by Gasteiger charge is -2.19. The number of rotatable bonds is 6. The van der Waals surface area contributed by atoms with Gasteiger partial charge < -0.3 is 15.3 Å². The predicted molar refractivity (Wildman–Crippen MR) is 78.3 cm³/mol. The molecule has 0 fully saturated rings. The van der Waals surface area contributed by atoms with Crippen molar-refractivity contribution in [3.63, 3.8) is 0 Å². The van der Waals surface area contributed by atoms with Crippen LogP contribution in [-0.4, -0.2) is 45.7 Å². The summed E-state index contributed by atoms with van der Waals surface area (Å²) in [6.07, 6.45) is -1.10. The lowest BCUT2D eigenvalue weighted by molar-refractivity contribution is -0.135. The number of ketones is 2. The number of Topliss-reactive ketones (excluding diaryl/α,β-unsaturated/α-hetero) is 2. The average Bonchev–Trinajstić information content (AvgIpc) is 2.35. The van der Waals surface area contributed by atoms with Gasteiger partial charge in [-0.2, -0.15) is 0 Å². The van der Waals surface area contributed by atoms with Crippen LogP contribution in [0.3, 0.4) is 0 Å². The second-order valence-corrected chi connectivity index (χ2v) is 6.12. The molecule has 0 heterocycles. The van der Waals surface area contributed by atoms with E-state index in [-0.39, 0.29) is 30.5 Å². The van der Waals surface area contributed by atoms with Gasteiger partial charge in [-0.3, -0.25) is 9.59 Å². The molecule has 0 rings (SSSR count). The highest BCUT2D eigenvalue weighted by molar-refractivity contribution is 5.87. The molecule has 3 N–H and O–H groups in total. The molecule has 0 saturated carbocycles. The molecule has 0 saturated heterocycles. The fraction of sp³-hybridized carbons (Fsp3) is 0.867. The highest BCUT2D eigenvalue weighted by Crippen LogP contribution is 2.17. The second kappa shape index (κ2) is 10.0. The van der Waals surface area contributed by atoms with Gasteiger partial charge in [0.05, 0.1) is 0 Å². The lowest BCUT2D eigenvalue weighted by Crippen LogP contribution is -2.32. The number of carbonyl (C=O) groups is 2. The highest BCUT2D eigenvalue weighted by Gasteiger charge is 2.27. The third-order valence-corrected chi connectivity index (χ3v) is 2.73. The van der Waals surface area contributed by atoms with Gasteiger partial charge in [0, 0.05) is 24.4 Å². The Labute approximate surface area is 122 Å². The Hall–Kier alpha value is -0.780. The van der Waals surface area contributed by atoms with Crippen molar-refractivity contribution in [2.24, 2.45) is 11.3 Å². The Bertz CT molecular complexity index is 291. The van der Waals surface area contributed by atoms with Gasteiger partial charge in [-0.1, -0.05) is 41.5 Å². The fourth-order valence-corrected chi connectivity index (χ4v) is 1.34. The van der Waals surface area contributed by atoms with E-state index < -0.39 is 17.6 Å². The SMILES string of the molecule is CC(C)(C)C(=O)C(O)CCO.CCC(O)C(=O)C(C)C. The first-order valence-corrected chi connectivity index (χ1v) is 7.04. The molecule has 0 aliphatic heterocycles. The number of aliphatic hydroxyl groups excluding tert-OH is 3. The molecule has 20 heavy (non-hydrogen) atoms. The summed E-state index contributed by atoms with van der Waals surface area (Å²) < 4.78 is 0. The number of aliphatic hydroxyl groups is 3. The molecular formula is C15H30O5. The molecule has 0 aromatic heterocycles. The molecule has 2 atom stereocenters. The summed E-state index contributed by atoms with van der Waals surface area (Å²) in [5, 5.41) is 26.5. The van der Waals surface area contributed by atoms with Crippen molar-refractivity contribution in [2.45, 2.75) is 66.6 Å². The Morgan fingerprint density at radius 3 is 1.70 bits per heavy atom. The van der Waals surface area contributed by atoms with Crippen LogP contribution in [0.15, 0.2) is 0 Å². The first-order valence-electron chi connectivity index (χ1n) is 7.04. The summed E-state index contributed by atoms with van der Waals surface area (Å²) in [5.41, 5.74) is -0.519. The Morgan fingerprint density at radius 2 is 1.50 bits per heavy atom. The Balaban J connectivity index is 0. The standard InChI is InChI=1S/C8H16O3.C7H14O2/c1-8(2,3)7(11)6(10)4-5-9;1-4-6(8)7(9)5(2)3/h6,9-10H,4-5H2,1-3H3;5-6,8H,4H2,1-3H3. The van der Waals surface area contributed by atoms with Crippen molar-refractivity contribution in [1.82, 2.24) is 0 Å². The largest absolute Gasteiger partial charge is 0.396 e. The van der Waals surface area contributed by atoms with E-state index in [1.165, 1.54) is 0 Å². The van der Waals surface area contributed by atoms with E-state index in [0.717, 1.165) is 0 Å². The van der Waals surface area contributed by atoms with Gasteiger partial charge in [-0.15, -0.1) is 0 Å². The minimum Gasteiger partial charge on any atom is -0.396 e. The zero-order valence-electron chi connectivity index (χ0n) is 13.5. The van der Waals surface area contributed by atoms with Crippen molar-refractivity contribution in [2.75, 3.05) is 6.61 Å². The Kier molecular flexibility index (Phi) is 10.8. The van der Waals surface area contributed by atoms with Crippen LogP contribution in [0.4, 0.5) is 0 Å². The topological polar surface area (TPSA) is 94.8 Å². The first-order chi connectivity index (χ1) is 8.98. The summed E-state index contributed by atoms with van der Waals surface area (Å²) in [7, 11) is 0. The summed E-state index contributed by atoms with van der Waals surface area (Å²) >= 11 is 0. The minimum atomic E-state index is -1.01. The van der Waals surface area contributed by atoms with Gasteiger partial charge >= 0.3 is 0 Å². The van der Waals surface area contributed by atoms with Crippen LogP contribution in [0.5, 0.6) is 0 Å². The second-order valence-electron chi connectivity index (χ2n) is 6.12. The van der Waals surface area contributed by atoms with Crippen molar-refractivity contribution in [3.05, 3.63) is 0 Å². The van der Waals surface area contributed by atoms with E-state index in [9.17, 15) is 9.59 Å². The molecule has 0 radical (unpaired) electrons. The van der Waals surface area contributed by atoms with Gasteiger partial charge in [0.2, 0.25) is 0 Å². The molecular weight excluding hydrogens is 260 g/mol. The molecule has 2 unspecified atom stereocenters. The molecule has 0 spiro atoms. The minimum absolute atomic E-state index is 0.0417. The molecule has 5 heteroatoms. The zero-order valence-corrected chi connectivity index (χ0v) is 13.5. The normalized spacial score (nSPS) is 14.3. The van der Waals surface area contributed by atoms with Crippen LogP contribution in [-0.2, 0) is 9.59 Å². The average molecular weight is 290 g/mol. The molecule has 0 aromatic rings. The summed E-state index contributed by atoms with van der Waals surface area (Å²) in [6.45, 7) is 10.5. The maximum absolute atomic E-state index is 11.2. The molecule has 0 aliphatic rings. The fourth-order valence-electron chi connectivity index (χ4n) is 1.34. The molecule has 0 bridgehead atoms. The zero-order chi connectivity index (χ0) is 16.5. The Morgan fingerprint density at radius 1 is 1.05 bits per heavy atom. The van der Waals surface area contributed by atoms with Crippen LogP contribution in [0.2, 0.25) is 0 Å². The third-order valence-electron chi connectivity index (χ3n) is 2.73. The van der Waals surface area contributed by atoms with Crippen LogP contribution in [0.1, 0.15) is 54.4 Å². The molecule has 0 amide bonds. The van der Waals surface area contributed by atoms with E-state index in [0.29, 0.717) is 6.42 Å². The molecule has 0 aromatic carbocycles. The monoisotopic (exact) mass is 290 g/mol. The quantitative estimate of drug-likeness (QED) is 0.686.